The van der Waals surface area contributed by atoms with Crippen LogP contribution in [0.1, 0.15) is 0 Å². The fraction of sp³-hybridized carbons (Fsp3) is 0. The van der Waals surface area contributed by atoms with E-state index in [1.807, 2.05) is 0 Å². The largest absolute Gasteiger partial charge is 3.00 e. The van der Waals surface area contributed by atoms with Crippen molar-refractivity contribution in [2.45, 2.75) is 0 Å². The molecule has 0 heterocycles. The molecule has 0 N–H and O–H groups in total. The van der Waals surface area contributed by atoms with E-state index in [1.165, 1.54) is 0 Å². The normalized spacial score (nSPS) is 0. The first-order valence-corrected chi connectivity index (χ1v) is 0. The molecule has 0 fully saturated rings. The molecule has 32 valence electrons. The molecule has 0 saturated heterocycles. The molecule has 0 aromatic heterocycles. The maximum atomic E-state index is 0. The Kier molecular flexibility index (Phi) is 1350. The fourth-order valence-electron chi connectivity index (χ4n) is 0. The summed E-state index contributed by atoms with van der Waals surface area (Å²) in [6.45, 7) is 0. The monoisotopic (exact) mass is 198 g/mol. The predicted molar refractivity (Wildman–Crippen MR) is 13.6 cm³/mol. The van der Waals surface area contributed by atoms with Crippen LogP contribution in [0.15, 0.2) is 0 Å². The summed E-state index contributed by atoms with van der Waals surface area (Å²) in [6, 6.07) is 0. The third-order valence-electron chi connectivity index (χ3n) is 0. The second-order valence-corrected chi connectivity index (χ2v) is 0. The Morgan fingerprint density at radius 2 is 0.429 bits per heavy atom. The van der Waals surface area contributed by atoms with Crippen LogP contribution >= 0.6 is 0 Å². The summed E-state index contributed by atoms with van der Waals surface area (Å²) in [5.41, 5.74) is 0. The van der Waals surface area contributed by atoms with Crippen LogP contribution < -0.4 is 0 Å². The molecule has 0 aromatic carbocycles. The van der Waals surface area contributed by atoms with Gasteiger partial charge in [-0.25, -0.2) is 0 Å². The summed E-state index contributed by atoms with van der Waals surface area (Å²) in [5.74, 6) is 0. The Labute approximate surface area is 93.6 Å². The number of hydrogen-bond donors (Lipinski definition) is 0. The smallest absolute Gasteiger partial charge is 2.00 e. The van der Waals surface area contributed by atoms with Gasteiger partial charge in [-0.1, -0.05) is 0 Å². The first kappa shape index (κ1) is 117. The molecule has 7 heavy (non-hydrogen) atoms. The molecule has 3 nitrogen and oxygen atoms in total. The van der Waals surface area contributed by atoms with Crippen LogP contribution in [0.4, 0.5) is 0 Å². The van der Waals surface area contributed by atoms with Crippen LogP contribution in [-0.2, 0) is 59.9 Å². The SMILES string of the molecule is [Al+3].[Al+3].[O-2].[O-2].[O-2].[Ti].[Ti]. The second-order valence-electron chi connectivity index (χ2n) is 0. The van der Waals surface area contributed by atoms with Gasteiger partial charge in [0.1, 0.15) is 0 Å². The van der Waals surface area contributed by atoms with Crippen LogP contribution in [0, 0.1) is 0 Å². The van der Waals surface area contributed by atoms with Gasteiger partial charge in [-0.15, -0.1) is 0 Å². The number of rotatable bonds is 0. The molecular weight excluding hydrogens is 198 g/mol. The van der Waals surface area contributed by atoms with Gasteiger partial charge in [0.25, 0.3) is 0 Å². The average Bonchev–Trinajstić information content (AvgIpc) is 0. The molecule has 0 amide bonds. The van der Waals surface area contributed by atoms with E-state index in [2.05, 4.69) is 0 Å². The van der Waals surface area contributed by atoms with Gasteiger partial charge in [0.05, 0.1) is 0 Å². The van der Waals surface area contributed by atoms with Crippen molar-refractivity contribution in [3.63, 3.8) is 0 Å². The molecule has 7 heteroatoms. The zero-order chi connectivity index (χ0) is 0. The van der Waals surface area contributed by atoms with E-state index in [1.54, 1.807) is 0 Å². The van der Waals surface area contributed by atoms with E-state index in [0.717, 1.165) is 0 Å². The minimum Gasteiger partial charge on any atom is -2.00 e. The molecule has 0 aliphatic carbocycles. The van der Waals surface area contributed by atoms with Gasteiger partial charge < -0.3 is 16.4 Å². The van der Waals surface area contributed by atoms with Crippen molar-refractivity contribution >= 4 is 34.7 Å². The topological polar surface area (TPSA) is 85.5 Å². The molecule has 0 rings (SSSR count). The van der Waals surface area contributed by atoms with Crippen molar-refractivity contribution in [2.24, 2.45) is 0 Å². The maximum Gasteiger partial charge on any atom is 3.00 e. The zero-order valence-corrected chi connectivity index (χ0v) is 8.81. The fourth-order valence-corrected chi connectivity index (χ4v) is 0. The third-order valence-corrected chi connectivity index (χ3v) is 0. The molecule has 0 aliphatic rings. The van der Waals surface area contributed by atoms with Crippen molar-refractivity contribution in [1.82, 2.24) is 0 Å². The minimum atomic E-state index is 0. The van der Waals surface area contributed by atoms with E-state index < -0.39 is 0 Å². The van der Waals surface area contributed by atoms with Gasteiger partial charge in [0, 0.05) is 43.4 Å². The molecular formula is Al2O3Ti2. The Morgan fingerprint density at radius 3 is 0.429 bits per heavy atom. The van der Waals surface area contributed by atoms with Gasteiger partial charge in [-0.05, 0) is 0 Å². The molecule has 0 unspecified atom stereocenters. The first-order valence-electron chi connectivity index (χ1n) is 0. The van der Waals surface area contributed by atoms with Crippen LogP contribution in [0.25, 0.3) is 0 Å². The van der Waals surface area contributed by atoms with E-state index >= 15 is 0 Å². The molecule has 0 spiro atoms. The van der Waals surface area contributed by atoms with Crippen LogP contribution in [0.3, 0.4) is 0 Å². The Morgan fingerprint density at radius 1 is 0.429 bits per heavy atom. The van der Waals surface area contributed by atoms with Crippen molar-refractivity contribution < 1.29 is 59.9 Å². The second kappa shape index (κ2) is 80.8. The summed E-state index contributed by atoms with van der Waals surface area (Å²) in [5, 5.41) is 0. The van der Waals surface area contributed by atoms with Crippen molar-refractivity contribution in [3.05, 3.63) is 0 Å². The van der Waals surface area contributed by atoms with Gasteiger partial charge >= 0.3 is 34.7 Å². The van der Waals surface area contributed by atoms with Gasteiger partial charge in [0.2, 0.25) is 0 Å². The minimum absolute atomic E-state index is 0. The van der Waals surface area contributed by atoms with Crippen LogP contribution in [-0.4, -0.2) is 34.7 Å². The van der Waals surface area contributed by atoms with Crippen LogP contribution in [0.5, 0.6) is 0 Å². The zero-order valence-electron chi connectivity index (χ0n) is 3.38. The van der Waals surface area contributed by atoms with Crippen LogP contribution in [0.2, 0.25) is 0 Å². The first-order chi connectivity index (χ1) is 0. The molecule has 0 atom stereocenters. The summed E-state index contributed by atoms with van der Waals surface area (Å²) >= 11 is 0. The van der Waals surface area contributed by atoms with Crippen molar-refractivity contribution in [2.75, 3.05) is 0 Å². The van der Waals surface area contributed by atoms with Crippen molar-refractivity contribution in [3.8, 4) is 0 Å². The summed E-state index contributed by atoms with van der Waals surface area (Å²) in [7, 11) is 0. The van der Waals surface area contributed by atoms with Gasteiger partial charge in [-0.3, -0.25) is 0 Å². The Bertz CT molecular complexity index is 10.9. The Hall–Kier alpha value is 2.37. The average molecular weight is 198 g/mol. The summed E-state index contributed by atoms with van der Waals surface area (Å²) in [4.78, 5) is 0. The summed E-state index contributed by atoms with van der Waals surface area (Å²) < 4.78 is 0. The summed E-state index contributed by atoms with van der Waals surface area (Å²) in [6.07, 6.45) is 0. The molecule has 0 radical (unpaired) electrons. The van der Waals surface area contributed by atoms with E-state index in [-0.39, 0.29) is 94.6 Å². The van der Waals surface area contributed by atoms with Gasteiger partial charge in [0.15, 0.2) is 0 Å². The van der Waals surface area contributed by atoms with E-state index in [9.17, 15) is 0 Å². The van der Waals surface area contributed by atoms with Crippen molar-refractivity contribution in [1.29, 1.82) is 0 Å². The third kappa shape index (κ3) is 60.4. The maximum absolute atomic E-state index is 0. The molecule has 0 saturated carbocycles. The van der Waals surface area contributed by atoms with E-state index in [4.69, 9.17) is 0 Å². The van der Waals surface area contributed by atoms with E-state index in [0.29, 0.717) is 0 Å². The molecule has 0 aromatic rings. The predicted octanol–water partition coefficient (Wildman–Crippen LogP) is -1.12. The van der Waals surface area contributed by atoms with Gasteiger partial charge in [-0.2, -0.15) is 0 Å². The standard InChI is InChI=1S/2Al.3O.2Ti/q2*+3;3*-2;;. The quantitative estimate of drug-likeness (QED) is 0.441. The molecule has 0 aliphatic heterocycles. The number of hydrogen-bond acceptors (Lipinski definition) is 0. The molecule has 0 bridgehead atoms. The Balaban J connectivity index is 0.